The summed E-state index contributed by atoms with van der Waals surface area (Å²) in [5, 5.41) is 0. The van der Waals surface area contributed by atoms with Crippen molar-refractivity contribution in [1.29, 1.82) is 0 Å². The van der Waals surface area contributed by atoms with Crippen LogP contribution < -0.4 is 0 Å². The lowest BCUT2D eigenvalue weighted by Crippen LogP contribution is -2.51. The summed E-state index contributed by atoms with van der Waals surface area (Å²) >= 11 is 0. The van der Waals surface area contributed by atoms with E-state index in [4.69, 9.17) is 0 Å². The van der Waals surface area contributed by atoms with Gasteiger partial charge < -0.3 is 14.7 Å². The molecule has 0 saturated carbocycles. The summed E-state index contributed by atoms with van der Waals surface area (Å²) in [6.07, 6.45) is 3.81. The van der Waals surface area contributed by atoms with Crippen LogP contribution in [-0.4, -0.2) is 77.3 Å². The van der Waals surface area contributed by atoms with Crippen LogP contribution in [0.1, 0.15) is 30.6 Å². The lowest BCUT2D eigenvalue weighted by molar-refractivity contribution is -0.133. The zero-order chi connectivity index (χ0) is 16.7. The van der Waals surface area contributed by atoms with Crippen LogP contribution in [0.4, 0.5) is 0 Å². The number of amides is 2. The summed E-state index contributed by atoms with van der Waals surface area (Å²) in [6, 6.07) is 3.45. The zero-order valence-corrected chi connectivity index (χ0v) is 14.1. The summed E-state index contributed by atoms with van der Waals surface area (Å²) in [6.45, 7) is 9.39. The van der Waals surface area contributed by atoms with Gasteiger partial charge in [0.05, 0.1) is 0 Å². The Labute approximate surface area is 138 Å². The van der Waals surface area contributed by atoms with Gasteiger partial charge in [-0.15, -0.1) is 0 Å². The van der Waals surface area contributed by atoms with E-state index >= 15 is 0 Å². The molecule has 0 aromatic carbocycles. The van der Waals surface area contributed by atoms with E-state index in [1.165, 1.54) is 0 Å². The fraction of sp³-hybridized carbons (Fsp3) is 0.588. The van der Waals surface area contributed by atoms with Gasteiger partial charge in [0.15, 0.2) is 0 Å². The van der Waals surface area contributed by atoms with Crippen LogP contribution in [0.15, 0.2) is 24.5 Å². The number of hydrogen-bond donors (Lipinski definition) is 0. The molecule has 0 N–H and O–H groups in total. The second-order valence-corrected chi connectivity index (χ2v) is 5.69. The van der Waals surface area contributed by atoms with Crippen molar-refractivity contribution < 1.29 is 9.59 Å². The molecule has 0 radical (unpaired) electrons. The highest BCUT2D eigenvalue weighted by atomic mass is 16.2. The summed E-state index contributed by atoms with van der Waals surface area (Å²) in [7, 11) is 0. The molecule has 0 spiro atoms. The normalized spacial score (nSPS) is 15.1. The summed E-state index contributed by atoms with van der Waals surface area (Å²) in [4.78, 5) is 34.5. The fourth-order valence-electron chi connectivity index (χ4n) is 2.79. The maximum absolute atomic E-state index is 12.4. The fourth-order valence-corrected chi connectivity index (χ4v) is 2.79. The third-order valence-corrected chi connectivity index (χ3v) is 4.38. The molecule has 1 saturated heterocycles. The van der Waals surface area contributed by atoms with Gasteiger partial charge >= 0.3 is 0 Å². The number of carbonyl (C=O) groups excluding carboxylic acids is 2. The third-order valence-electron chi connectivity index (χ3n) is 4.38. The van der Waals surface area contributed by atoms with E-state index < -0.39 is 0 Å². The number of nitrogens with zero attached hydrogens (tertiary/aromatic N) is 4. The topological polar surface area (TPSA) is 56.8 Å². The zero-order valence-electron chi connectivity index (χ0n) is 14.1. The van der Waals surface area contributed by atoms with Crippen molar-refractivity contribution >= 4 is 11.8 Å². The molecular weight excluding hydrogens is 292 g/mol. The van der Waals surface area contributed by atoms with Gasteiger partial charge in [-0.3, -0.25) is 14.6 Å². The SMILES string of the molecule is CCN(CC)CCC(=O)N1CCN(C(=O)c2ccncc2)CC1. The van der Waals surface area contributed by atoms with Crippen LogP contribution in [-0.2, 0) is 4.79 Å². The van der Waals surface area contributed by atoms with Crippen molar-refractivity contribution in [3.63, 3.8) is 0 Å². The van der Waals surface area contributed by atoms with Gasteiger partial charge in [-0.1, -0.05) is 13.8 Å². The highest BCUT2D eigenvalue weighted by molar-refractivity contribution is 5.94. The summed E-state index contributed by atoms with van der Waals surface area (Å²) < 4.78 is 0. The molecule has 0 bridgehead atoms. The minimum atomic E-state index is 0.0163. The number of carbonyl (C=O) groups is 2. The maximum atomic E-state index is 12.4. The monoisotopic (exact) mass is 318 g/mol. The molecule has 1 aromatic rings. The van der Waals surface area contributed by atoms with Crippen molar-refractivity contribution in [3.05, 3.63) is 30.1 Å². The summed E-state index contributed by atoms with van der Waals surface area (Å²) in [5.41, 5.74) is 0.654. The Balaban J connectivity index is 1.79. The molecule has 2 rings (SSSR count). The summed E-state index contributed by atoms with van der Waals surface area (Å²) in [5.74, 6) is 0.204. The van der Waals surface area contributed by atoms with Crippen molar-refractivity contribution in [3.8, 4) is 0 Å². The first-order valence-electron chi connectivity index (χ1n) is 8.35. The molecule has 6 nitrogen and oxygen atoms in total. The Kier molecular flexibility index (Phi) is 6.52. The van der Waals surface area contributed by atoms with Gasteiger partial charge in [0.1, 0.15) is 0 Å². The molecule has 1 aromatic heterocycles. The minimum absolute atomic E-state index is 0.0163. The van der Waals surface area contributed by atoms with Gasteiger partial charge in [0, 0.05) is 57.1 Å². The molecule has 6 heteroatoms. The molecule has 0 unspecified atom stereocenters. The highest BCUT2D eigenvalue weighted by Crippen LogP contribution is 2.09. The molecule has 0 atom stereocenters. The molecule has 126 valence electrons. The first-order valence-corrected chi connectivity index (χ1v) is 8.35. The van der Waals surface area contributed by atoms with Crippen LogP contribution in [0, 0.1) is 0 Å². The van der Waals surface area contributed by atoms with E-state index in [0.29, 0.717) is 38.2 Å². The molecule has 2 heterocycles. The molecule has 1 aliphatic heterocycles. The van der Waals surface area contributed by atoms with E-state index in [1.54, 1.807) is 24.5 Å². The Morgan fingerprint density at radius 3 is 2.17 bits per heavy atom. The van der Waals surface area contributed by atoms with E-state index in [1.807, 2.05) is 9.80 Å². The second kappa shape index (κ2) is 8.62. The Bertz CT molecular complexity index is 509. The van der Waals surface area contributed by atoms with Crippen LogP contribution in [0.25, 0.3) is 0 Å². The number of rotatable bonds is 6. The van der Waals surface area contributed by atoms with E-state index in [0.717, 1.165) is 19.6 Å². The van der Waals surface area contributed by atoms with Crippen molar-refractivity contribution in [1.82, 2.24) is 19.7 Å². The lowest BCUT2D eigenvalue weighted by atomic mass is 10.2. The smallest absolute Gasteiger partial charge is 0.254 e. The number of pyridine rings is 1. The highest BCUT2D eigenvalue weighted by Gasteiger charge is 2.24. The van der Waals surface area contributed by atoms with Crippen LogP contribution in [0.5, 0.6) is 0 Å². The van der Waals surface area contributed by atoms with Gasteiger partial charge in [-0.05, 0) is 25.2 Å². The van der Waals surface area contributed by atoms with Gasteiger partial charge in [0.25, 0.3) is 5.91 Å². The third kappa shape index (κ3) is 4.76. The largest absolute Gasteiger partial charge is 0.339 e. The number of hydrogen-bond acceptors (Lipinski definition) is 4. The molecular formula is C17H26N4O2. The Hall–Kier alpha value is -1.95. The second-order valence-electron chi connectivity index (χ2n) is 5.69. The average Bonchev–Trinajstić information content (AvgIpc) is 2.62. The lowest BCUT2D eigenvalue weighted by Gasteiger charge is -2.35. The Morgan fingerprint density at radius 1 is 1.04 bits per heavy atom. The van der Waals surface area contributed by atoms with Crippen LogP contribution >= 0.6 is 0 Å². The molecule has 1 fully saturated rings. The first-order chi connectivity index (χ1) is 11.2. The van der Waals surface area contributed by atoms with E-state index in [2.05, 4.69) is 23.7 Å². The van der Waals surface area contributed by atoms with E-state index in [-0.39, 0.29) is 11.8 Å². The van der Waals surface area contributed by atoms with Crippen molar-refractivity contribution in [2.45, 2.75) is 20.3 Å². The van der Waals surface area contributed by atoms with Gasteiger partial charge in [0.2, 0.25) is 5.91 Å². The predicted octanol–water partition coefficient (Wildman–Crippen LogP) is 1.10. The Morgan fingerprint density at radius 2 is 1.61 bits per heavy atom. The molecule has 1 aliphatic rings. The van der Waals surface area contributed by atoms with Crippen LogP contribution in [0.3, 0.4) is 0 Å². The first kappa shape index (κ1) is 17.4. The number of aromatic nitrogens is 1. The van der Waals surface area contributed by atoms with Gasteiger partial charge in [-0.25, -0.2) is 0 Å². The van der Waals surface area contributed by atoms with Crippen molar-refractivity contribution in [2.24, 2.45) is 0 Å². The van der Waals surface area contributed by atoms with Crippen molar-refractivity contribution in [2.75, 3.05) is 45.8 Å². The quantitative estimate of drug-likeness (QED) is 0.788. The van der Waals surface area contributed by atoms with Crippen LogP contribution in [0.2, 0.25) is 0 Å². The number of piperazine rings is 1. The standard InChI is InChI=1S/C17H26N4O2/c1-3-19(4-2)10-7-16(22)20-11-13-21(14-12-20)17(23)15-5-8-18-9-6-15/h5-6,8-9H,3-4,7,10-14H2,1-2H3. The average molecular weight is 318 g/mol. The van der Waals surface area contributed by atoms with E-state index in [9.17, 15) is 9.59 Å². The minimum Gasteiger partial charge on any atom is -0.339 e. The van der Waals surface area contributed by atoms with Gasteiger partial charge in [-0.2, -0.15) is 0 Å². The maximum Gasteiger partial charge on any atom is 0.254 e. The molecule has 23 heavy (non-hydrogen) atoms. The molecule has 2 amide bonds. The predicted molar refractivity (Wildman–Crippen MR) is 89.1 cm³/mol. The molecule has 0 aliphatic carbocycles.